The number of hydrogen-bond donors (Lipinski definition) is 0. The van der Waals surface area contributed by atoms with E-state index in [2.05, 4.69) is 22.0 Å². The molecule has 1 saturated heterocycles. The molecular weight excluding hydrogens is 327 g/mol. The number of benzene rings is 1. The molecule has 0 spiro atoms. The van der Waals surface area contributed by atoms with Gasteiger partial charge in [0.1, 0.15) is 17.5 Å². The van der Waals surface area contributed by atoms with Gasteiger partial charge in [-0.1, -0.05) is 18.2 Å². The van der Waals surface area contributed by atoms with Gasteiger partial charge < -0.3 is 0 Å². The zero-order chi connectivity index (χ0) is 17.9. The van der Waals surface area contributed by atoms with Crippen molar-refractivity contribution in [3.05, 3.63) is 77.8 Å². The monoisotopic (exact) mass is 350 g/mol. The van der Waals surface area contributed by atoms with Gasteiger partial charge in [0, 0.05) is 37.1 Å². The number of hydrogen-bond acceptors (Lipinski definition) is 3. The summed E-state index contributed by atoms with van der Waals surface area (Å²) in [5.74, 6) is 2.11. The summed E-state index contributed by atoms with van der Waals surface area (Å²) < 4.78 is 15.1. The quantitative estimate of drug-likeness (QED) is 0.710. The van der Waals surface area contributed by atoms with Crippen LogP contribution in [0, 0.1) is 12.7 Å². The number of rotatable bonds is 4. The number of aromatic nitrogens is 3. The number of piperidine rings is 1. The van der Waals surface area contributed by atoms with Crippen LogP contribution in [0.4, 0.5) is 4.39 Å². The summed E-state index contributed by atoms with van der Waals surface area (Å²) >= 11 is 0. The topological polar surface area (TPSA) is 34.0 Å². The van der Waals surface area contributed by atoms with Crippen molar-refractivity contribution in [1.29, 1.82) is 0 Å². The van der Waals surface area contributed by atoms with Crippen LogP contribution in [-0.2, 0) is 6.54 Å². The van der Waals surface area contributed by atoms with E-state index in [-0.39, 0.29) is 5.82 Å². The summed E-state index contributed by atoms with van der Waals surface area (Å²) in [6, 6.07) is 13.1. The molecule has 0 saturated carbocycles. The van der Waals surface area contributed by atoms with Crippen molar-refractivity contribution in [2.75, 3.05) is 13.1 Å². The Morgan fingerprint density at radius 1 is 1.15 bits per heavy atom. The Morgan fingerprint density at radius 2 is 2.00 bits per heavy atom. The second-order valence-corrected chi connectivity index (χ2v) is 6.97. The number of halogens is 1. The second kappa shape index (κ2) is 7.38. The Kier molecular flexibility index (Phi) is 4.80. The van der Waals surface area contributed by atoms with Gasteiger partial charge in [-0.25, -0.2) is 14.4 Å². The van der Waals surface area contributed by atoms with Crippen molar-refractivity contribution in [2.24, 2.45) is 0 Å². The van der Waals surface area contributed by atoms with Crippen LogP contribution in [0.5, 0.6) is 0 Å². The minimum atomic E-state index is -0.180. The zero-order valence-corrected chi connectivity index (χ0v) is 15.0. The third-order valence-electron chi connectivity index (χ3n) is 5.07. The van der Waals surface area contributed by atoms with Crippen molar-refractivity contribution < 1.29 is 4.39 Å². The molecule has 2 aromatic heterocycles. The lowest BCUT2D eigenvalue weighted by Crippen LogP contribution is -2.34. The van der Waals surface area contributed by atoms with E-state index in [1.54, 1.807) is 6.20 Å². The van der Waals surface area contributed by atoms with Gasteiger partial charge in [-0.3, -0.25) is 9.47 Å². The summed E-state index contributed by atoms with van der Waals surface area (Å²) in [5, 5.41) is 0. The maximum atomic E-state index is 13.1. The molecule has 0 bridgehead atoms. The largest absolute Gasteiger partial charge is 0.298 e. The Labute approximate surface area is 153 Å². The third-order valence-corrected chi connectivity index (χ3v) is 5.07. The summed E-state index contributed by atoms with van der Waals surface area (Å²) in [5.41, 5.74) is 2.29. The molecule has 4 nitrogen and oxygen atoms in total. The second-order valence-electron chi connectivity index (χ2n) is 6.97. The van der Waals surface area contributed by atoms with Crippen LogP contribution in [0.25, 0.3) is 5.82 Å². The molecule has 26 heavy (non-hydrogen) atoms. The standard InChI is InChI=1S/C21H23FN4/c1-16-23-11-13-26(16)21-6-2-5-20(24-21)18-4-3-12-25(15-18)14-17-7-9-19(22)10-8-17/h2,5-11,13,18H,3-4,12,14-15H2,1H3/t18-/m1/s1. The molecule has 5 heteroatoms. The lowest BCUT2D eigenvalue weighted by atomic mass is 9.94. The minimum Gasteiger partial charge on any atom is -0.298 e. The summed E-state index contributed by atoms with van der Waals surface area (Å²) in [4.78, 5) is 11.6. The van der Waals surface area contributed by atoms with Crippen LogP contribution >= 0.6 is 0 Å². The molecule has 0 unspecified atom stereocenters. The molecule has 4 rings (SSSR count). The van der Waals surface area contributed by atoms with Crippen LogP contribution < -0.4 is 0 Å². The van der Waals surface area contributed by atoms with Crippen molar-refractivity contribution in [1.82, 2.24) is 19.4 Å². The summed E-state index contributed by atoms with van der Waals surface area (Å²) in [7, 11) is 0. The molecular formula is C21H23FN4. The van der Waals surface area contributed by atoms with Crippen LogP contribution in [-0.4, -0.2) is 32.5 Å². The van der Waals surface area contributed by atoms with E-state index in [0.29, 0.717) is 5.92 Å². The first-order chi connectivity index (χ1) is 12.7. The number of likely N-dealkylation sites (tertiary alicyclic amines) is 1. The van der Waals surface area contributed by atoms with Gasteiger partial charge in [-0.05, 0) is 56.1 Å². The first kappa shape index (κ1) is 16.9. The fourth-order valence-corrected chi connectivity index (χ4v) is 3.71. The maximum absolute atomic E-state index is 13.1. The molecule has 3 heterocycles. The SMILES string of the molecule is Cc1nccn1-c1cccc([C@@H]2CCCN(Cc3ccc(F)cc3)C2)n1. The molecule has 0 aliphatic carbocycles. The van der Waals surface area contributed by atoms with Crippen molar-refractivity contribution >= 4 is 0 Å². The number of aryl methyl sites for hydroxylation is 1. The number of imidazole rings is 1. The average molecular weight is 350 g/mol. The molecule has 0 amide bonds. The Balaban J connectivity index is 1.49. The fraction of sp³-hybridized carbons (Fsp3) is 0.333. The molecule has 1 atom stereocenters. The molecule has 0 N–H and O–H groups in total. The van der Waals surface area contributed by atoms with Gasteiger partial charge >= 0.3 is 0 Å². The Hall–Kier alpha value is -2.53. The lowest BCUT2D eigenvalue weighted by Gasteiger charge is -2.32. The Bertz CT molecular complexity index is 872. The van der Waals surface area contributed by atoms with Crippen molar-refractivity contribution in [3.63, 3.8) is 0 Å². The smallest absolute Gasteiger partial charge is 0.138 e. The van der Waals surface area contributed by atoms with Gasteiger partial charge in [-0.2, -0.15) is 0 Å². The molecule has 3 aromatic rings. The highest BCUT2D eigenvalue weighted by Gasteiger charge is 2.22. The normalized spacial score (nSPS) is 18.2. The lowest BCUT2D eigenvalue weighted by molar-refractivity contribution is 0.198. The van der Waals surface area contributed by atoms with E-state index < -0.39 is 0 Å². The summed E-state index contributed by atoms with van der Waals surface area (Å²) in [6.45, 7) is 4.90. The van der Waals surface area contributed by atoms with E-state index in [1.807, 2.05) is 35.9 Å². The van der Waals surface area contributed by atoms with Gasteiger partial charge in [0.25, 0.3) is 0 Å². The predicted molar refractivity (Wildman–Crippen MR) is 99.7 cm³/mol. The highest BCUT2D eigenvalue weighted by Crippen LogP contribution is 2.27. The van der Waals surface area contributed by atoms with Crippen LogP contribution in [0.15, 0.2) is 54.9 Å². The van der Waals surface area contributed by atoms with Crippen LogP contribution in [0.2, 0.25) is 0 Å². The van der Waals surface area contributed by atoms with Gasteiger partial charge in [0.15, 0.2) is 0 Å². The highest BCUT2D eigenvalue weighted by atomic mass is 19.1. The molecule has 134 valence electrons. The molecule has 1 aliphatic heterocycles. The fourth-order valence-electron chi connectivity index (χ4n) is 3.71. The maximum Gasteiger partial charge on any atom is 0.138 e. The molecule has 1 aliphatic rings. The van der Waals surface area contributed by atoms with Gasteiger partial charge in [0.2, 0.25) is 0 Å². The van der Waals surface area contributed by atoms with E-state index >= 15 is 0 Å². The number of nitrogens with zero attached hydrogens (tertiary/aromatic N) is 4. The van der Waals surface area contributed by atoms with E-state index in [4.69, 9.17) is 4.98 Å². The van der Waals surface area contributed by atoms with Gasteiger partial charge in [0.05, 0.1) is 0 Å². The number of pyridine rings is 1. The zero-order valence-electron chi connectivity index (χ0n) is 15.0. The van der Waals surface area contributed by atoms with E-state index in [9.17, 15) is 4.39 Å². The first-order valence-corrected chi connectivity index (χ1v) is 9.13. The Morgan fingerprint density at radius 3 is 2.77 bits per heavy atom. The average Bonchev–Trinajstić information content (AvgIpc) is 3.10. The molecule has 1 aromatic carbocycles. The van der Waals surface area contributed by atoms with E-state index in [0.717, 1.165) is 55.4 Å². The molecule has 1 fully saturated rings. The highest BCUT2D eigenvalue weighted by molar-refractivity contribution is 5.28. The third kappa shape index (κ3) is 3.68. The van der Waals surface area contributed by atoms with Crippen molar-refractivity contribution in [2.45, 2.75) is 32.2 Å². The first-order valence-electron chi connectivity index (χ1n) is 9.13. The van der Waals surface area contributed by atoms with Crippen LogP contribution in [0.3, 0.4) is 0 Å². The van der Waals surface area contributed by atoms with Crippen LogP contribution in [0.1, 0.15) is 35.8 Å². The van der Waals surface area contributed by atoms with Gasteiger partial charge in [-0.15, -0.1) is 0 Å². The molecule has 0 radical (unpaired) electrons. The predicted octanol–water partition coefficient (Wildman–Crippen LogP) is 4.09. The summed E-state index contributed by atoms with van der Waals surface area (Å²) in [6.07, 6.45) is 6.05. The van der Waals surface area contributed by atoms with E-state index in [1.165, 1.54) is 12.1 Å². The minimum absolute atomic E-state index is 0.180. The van der Waals surface area contributed by atoms with Crippen molar-refractivity contribution in [3.8, 4) is 5.82 Å².